The Hall–Kier alpha value is -1.20. The molecule has 0 fully saturated rings. The molecule has 0 saturated heterocycles. The van der Waals surface area contributed by atoms with Gasteiger partial charge in [-0.15, -0.1) is 0 Å². The molecule has 2 aliphatic carbocycles. The van der Waals surface area contributed by atoms with E-state index in [0.29, 0.717) is 7.25 Å². The van der Waals surface area contributed by atoms with Crippen LogP contribution >= 0.6 is 0 Å². The first-order valence-electron chi connectivity index (χ1n) is 7.72. The molecule has 0 heterocycles. The van der Waals surface area contributed by atoms with Crippen LogP contribution in [-0.2, 0) is 20.3 Å². The van der Waals surface area contributed by atoms with Crippen molar-refractivity contribution >= 4 is 12.2 Å². The first kappa shape index (κ1) is 13.5. The van der Waals surface area contributed by atoms with Crippen LogP contribution in [0.3, 0.4) is 0 Å². The first-order valence-corrected chi connectivity index (χ1v) is 15.5. The van der Waals surface area contributed by atoms with Gasteiger partial charge in [0.05, 0.1) is 0 Å². The third-order valence-corrected chi connectivity index (χ3v) is 15.6. The number of fused-ring (bicyclic) bond motifs is 2. The standard InChI is InChI=1S/2C9H7.2CH3.Zr/c2*1-2-5-9-7-3-6-8(9)4-1;;;/h2*1-7H;2*1H3;. The van der Waals surface area contributed by atoms with Gasteiger partial charge in [-0.3, -0.25) is 0 Å². The molecule has 4 rings (SSSR count). The molecule has 0 radical (unpaired) electrons. The van der Waals surface area contributed by atoms with Gasteiger partial charge < -0.3 is 0 Å². The third kappa shape index (κ3) is 2.06. The average Bonchev–Trinajstić information content (AvgIpc) is 3.12. The molecule has 0 bridgehead atoms. The summed E-state index contributed by atoms with van der Waals surface area (Å²) in [4.78, 5) is 0. The summed E-state index contributed by atoms with van der Waals surface area (Å²) in [5, 5.41) is 0. The molecule has 2 aromatic rings. The van der Waals surface area contributed by atoms with Crippen molar-refractivity contribution in [2.24, 2.45) is 0 Å². The van der Waals surface area contributed by atoms with E-state index in [2.05, 4.69) is 82.1 Å². The monoisotopic (exact) mass is 350 g/mol. The van der Waals surface area contributed by atoms with Gasteiger partial charge in [-0.1, -0.05) is 0 Å². The van der Waals surface area contributed by atoms with Crippen LogP contribution in [0.1, 0.15) is 29.5 Å². The third-order valence-electron chi connectivity index (χ3n) is 5.20. The maximum atomic E-state index is 2.61. The zero-order valence-corrected chi connectivity index (χ0v) is 15.0. The van der Waals surface area contributed by atoms with E-state index in [4.69, 9.17) is 0 Å². The molecule has 2 aliphatic rings. The van der Waals surface area contributed by atoms with Gasteiger partial charge in [0.1, 0.15) is 0 Å². The van der Waals surface area contributed by atoms with Crippen LogP contribution in [0, 0.1) is 0 Å². The Morgan fingerprint density at radius 2 is 1.10 bits per heavy atom. The second-order valence-electron chi connectivity index (χ2n) is 6.75. The van der Waals surface area contributed by atoms with E-state index in [1.165, 1.54) is 11.1 Å². The van der Waals surface area contributed by atoms with E-state index in [9.17, 15) is 0 Å². The maximum absolute atomic E-state index is 2.61. The predicted molar refractivity (Wildman–Crippen MR) is 88.2 cm³/mol. The molecule has 1 heteroatoms. The molecular weight excluding hydrogens is 331 g/mol. The minimum absolute atomic E-state index is 0.691. The molecule has 0 N–H and O–H groups in total. The van der Waals surface area contributed by atoms with Crippen LogP contribution in [0.5, 0.6) is 0 Å². The molecule has 0 aromatic heterocycles. The zero-order chi connectivity index (χ0) is 14.4. The summed E-state index contributed by atoms with van der Waals surface area (Å²) in [6, 6.07) is 17.9. The van der Waals surface area contributed by atoms with Crippen molar-refractivity contribution in [3.05, 3.63) is 82.9 Å². The van der Waals surface area contributed by atoms with Crippen molar-refractivity contribution in [3.8, 4) is 0 Å². The van der Waals surface area contributed by atoms with Crippen molar-refractivity contribution < 1.29 is 20.3 Å². The number of rotatable bonds is 2. The molecule has 0 aliphatic heterocycles. The van der Waals surface area contributed by atoms with Crippen molar-refractivity contribution in [3.63, 3.8) is 0 Å². The topological polar surface area (TPSA) is 0 Å². The Morgan fingerprint density at radius 1 is 0.667 bits per heavy atom. The summed E-state index contributed by atoms with van der Waals surface area (Å²) < 4.78 is 6.61. The van der Waals surface area contributed by atoms with E-state index in [0.717, 1.165) is 0 Å². The van der Waals surface area contributed by atoms with Crippen molar-refractivity contribution in [2.75, 3.05) is 0 Å². The summed E-state index contributed by atoms with van der Waals surface area (Å²) in [7, 11) is 0. The number of allylic oxidation sites excluding steroid dienone is 2. The quantitative estimate of drug-likeness (QED) is 0.644. The van der Waals surface area contributed by atoms with E-state index in [1.807, 2.05) is 0 Å². The predicted octanol–water partition coefficient (Wildman–Crippen LogP) is 5.77. The second kappa shape index (κ2) is 4.92. The van der Waals surface area contributed by atoms with Crippen LogP contribution < -0.4 is 0 Å². The molecule has 2 unspecified atom stereocenters. The fourth-order valence-electron chi connectivity index (χ4n) is 3.99. The van der Waals surface area contributed by atoms with Crippen LogP contribution in [0.25, 0.3) is 12.2 Å². The molecule has 0 saturated carbocycles. The number of benzene rings is 2. The van der Waals surface area contributed by atoms with Gasteiger partial charge in [0.15, 0.2) is 0 Å². The zero-order valence-electron chi connectivity index (χ0n) is 12.6. The van der Waals surface area contributed by atoms with Gasteiger partial charge in [-0.05, 0) is 0 Å². The Bertz CT molecular complexity index is 688. The van der Waals surface area contributed by atoms with Crippen LogP contribution in [0.15, 0.2) is 60.7 Å². The second-order valence-corrected chi connectivity index (χ2v) is 18.8. The fraction of sp³-hybridized carbons (Fsp3) is 0.200. The molecular formula is C20H20Zr. The van der Waals surface area contributed by atoms with Gasteiger partial charge in [-0.2, -0.15) is 0 Å². The molecule has 104 valence electrons. The van der Waals surface area contributed by atoms with E-state index in [-0.39, 0.29) is 0 Å². The molecule has 2 aromatic carbocycles. The van der Waals surface area contributed by atoms with E-state index >= 15 is 0 Å². The Labute approximate surface area is 131 Å². The molecule has 0 amide bonds. The number of hydrogen-bond donors (Lipinski definition) is 0. The van der Waals surface area contributed by atoms with Gasteiger partial charge in [0, 0.05) is 0 Å². The molecule has 0 nitrogen and oxygen atoms in total. The van der Waals surface area contributed by atoms with Crippen LogP contribution in [0.4, 0.5) is 0 Å². The van der Waals surface area contributed by atoms with Gasteiger partial charge in [-0.25, -0.2) is 0 Å². The Balaban J connectivity index is 1.76. The average molecular weight is 352 g/mol. The molecule has 2 atom stereocenters. The first-order chi connectivity index (χ1) is 10.2. The fourth-order valence-corrected chi connectivity index (χ4v) is 13.1. The SMILES string of the molecule is [CH3][Zr]([CH3])([CH]1C=Cc2ccccc21)[CH]1C=Cc2ccccc21. The minimum atomic E-state index is -2.38. The summed E-state index contributed by atoms with van der Waals surface area (Å²) in [5.41, 5.74) is 6.00. The van der Waals surface area contributed by atoms with Gasteiger partial charge >= 0.3 is 132 Å². The summed E-state index contributed by atoms with van der Waals surface area (Å²) in [6.45, 7) is 0. The van der Waals surface area contributed by atoms with Crippen molar-refractivity contribution in [1.82, 2.24) is 0 Å². The summed E-state index contributed by atoms with van der Waals surface area (Å²) in [5.74, 6) is 0. The summed E-state index contributed by atoms with van der Waals surface area (Å²) in [6.07, 6.45) is 9.64. The Morgan fingerprint density at radius 3 is 1.57 bits per heavy atom. The number of hydrogen-bond acceptors (Lipinski definition) is 0. The molecule has 0 spiro atoms. The van der Waals surface area contributed by atoms with Crippen molar-refractivity contribution in [1.29, 1.82) is 0 Å². The molecule has 21 heavy (non-hydrogen) atoms. The van der Waals surface area contributed by atoms with Crippen LogP contribution in [-0.4, -0.2) is 0 Å². The van der Waals surface area contributed by atoms with E-state index in [1.54, 1.807) is 11.1 Å². The van der Waals surface area contributed by atoms with E-state index < -0.39 is 20.3 Å². The van der Waals surface area contributed by atoms with Crippen LogP contribution in [0.2, 0.25) is 9.26 Å². The van der Waals surface area contributed by atoms with Crippen molar-refractivity contribution in [2.45, 2.75) is 16.5 Å². The normalized spacial score (nSPS) is 22.4. The van der Waals surface area contributed by atoms with Gasteiger partial charge in [0.2, 0.25) is 0 Å². The Kier molecular flexibility index (Phi) is 3.15. The summed E-state index contributed by atoms with van der Waals surface area (Å²) >= 11 is -2.38. The van der Waals surface area contributed by atoms with Gasteiger partial charge in [0.25, 0.3) is 0 Å².